The second-order valence-corrected chi connectivity index (χ2v) is 5.26. The molecule has 110 valence electrons. The van der Waals surface area contributed by atoms with Crippen molar-refractivity contribution in [2.24, 2.45) is 11.7 Å². The van der Waals surface area contributed by atoms with Gasteiger partial charge >= 0.3 is 0 Å². The van der Waals surface area contributed by atoms with Crippen LogP contribution < -0.4 is 16.4 Å². The summed E-state index contributed by atoms with van der Waals surface area (Å²) in [5, 5.41) is 5.64. The number of benzene rings is 1. The standard InChI is InChI=1S/C15H23N3O2/c1-10(2)8-15(20)18-13-5-4-12(9-11(13)3)17-14(19)6-7-16/h4-5,9-10H,6-8,16H2,1-3H3,(H,17,19)(H,18,20). The lowest BCUT2D eigenvalue weighted by Crippen LogP contribution is -2.17. The first-order valence-corrected chi connectivity index (χ1v) is 6.82. The van der Waals surface area contributed by atoms with Gasteiger partial charge in [-0.15, -0.1) is 0 Å². The average Bonchev–Trinajstić information content (AvgIpc) is 2.32. The molecule has 0 saturated carbocycles. The van der Waals surface area contributed by atoms with Crippen LogP contribution in [0.25, 0.3) is 0 Å². The van der Waals surface area contributed by atoms with Gasteiger partial charge in [0.15, 0.2) is 0 Å². The summed E-state index contributed by atoms with van der Waals surface area (Å²) in [6, 6.07) is 5.40. The molecule has 2 amide bonds. The Balaban J connectivity index is 2.68. The van der Waals surface area contributed by atoms with Gasteiger partial charge < -0.3 is 16.4 Å². The lowest BCUT2D eigenvalue weighted by Gasteiger charge is -2.12. The van der Waals surface area contributed by atoms with E-state index in [-0.39, 0.29) is 11.8 Å². The van der Waals surface area contributed by atoms with Gasteiger partial charge in [-0.3, -0.25) is 9.59 Å². The van der Waals surface area contributed by atoms with Crippen molar-refractivity contribution in [2.75, 3.05) is 17.2 Å². The molecule has 0 heterocycles. The first-order valence-electron chi connectivity index (χ1n) is 6.82. The van der Waals surface area contributed by atoms with E-state index in [0.29, 0.717) is 31.0 Å². The highest BCUT2D eigenvalue weighted by molar-refractivity contribution is 5.93. The third-order valence-corrected chi connectivity index (χ3v) is 2.75. The van der Waals surface area contributed by atoms with Crippen molar-refractivity contribution in [3.8, 4) is 0 Å². The third-order valence-electron chi connectivity index (χ3n) is 2.75. The van der Waals surface area contributed by atoms with E-state index in [9.17, 15) is 9.59 Å². The zero-order valence-corrected chi connectivity index (χ0v) is 12.3. The van der Waals surface area contributed by atoms with Crippen molar-refractivity contribution in [3.63, 3.8) is 0 Å². The van der Waals surface area contributed by atoms with Crippen LogP contribution in [0.1, 0.15) is 32.3 Å². The Hall–Kier alpha value is -1.88. The lowest BCUT2D eigenvalue weighted by molar-refractivity contribution is -0.117. The second-order valence-electron chi connectivity index (χ2n) is 5.26. The fraction of sp³-hybridized carbons (Fsp3) is 0.467. The minimum atomic E-state index is -0.108. The van der Waals surface area contributed by atoms with Crippen LogP contribution in [-0.4, -0.2) is 18.4 Å². The Labute approximate surface area is 119 Å². The number of carbonyl (C=O) groups excluding carboxylic acids is 2. The number of amides is 2. The Kier molecular flexibility index (Phi) is 6.18. The van der Waals surface area contributed by atoms with Crippen LogP contribution in [0.2, 0.25) is 0 Å². The van der Waals surface area contributed by atoms with E-state index in [1.807, 2.05) is 26.8 Å². The van der Waals surface area contributed by atoms with Gasteiger partial charge in [-0.1, -0.05) is 13.8 Å². The first kappa shape index (κ1) is 16.2. The summed E-state index contributed by atoms with van der Waals surface area (Å²) in [5.74, 6) is 0.219. The summed E-state index contributed by atoms with van der Waals surface area (Å²) in [4.78, 5) is 23.2. The van der Waals surface area contributed by atoms with Crippen LogP contribution in [0.4, 0.5) is 11.4 Å². The van der Waals surface area contributed by atoms with Crippen LogP contribution in [0.3, 0.4) is 0 Å². The lowest BCUT2D eigenvalue weighted by atomic mass is 10.1. The van der Waals surface area contributed by atoms with Crippen LogP contribution in [-0.2, 0) is 9.59 Å². The largest absolute Gasteiger partial charge is 0.330 e. The molecule has 20 heavy (non-hydrogen) atoms. The number of nitrogens with two attached hydrogens (primary N) is 1. The number of hydrogen-bond acceptors (Lipinski definition) is 3. The topological polar surface area (TPSA) is 84.2 Å². The molecule has 0 radical (unpaired) electrons. The normalized spacial score (nSPS) is 10.4. The van der Waals surface area contributed by atoms with Crippen LogP contribution >= 0.6 is 0 Å². The van der Waals surface area contributed by atoms with Gasteiger partial charge in [-0.05, 0) is 36.6 Å². The summed E-state index contributed by atoms with van der Waals surface area (Å²) in [6.45, 7) is 6.22. The Morgan fingerprint density at radius 1 is 1.20 bits per heavy atom. The highest BCUT2D eigenvalue weighted by atomic mass is 16.2. The predicted molar refractivity (Wildman–Crippen MR) is 81.6 cm³/mol. The minimum absolute atomic E-state index is 0.00279. The molecule has 0 atom stereocenters. The smallest absolute Gasteiger partial charge is 0.225 e. The average molecular weight is 277 g/mol. The van der Waals surface area contributed by atoms with Crippen molar-refractivity contribution < 1.29 is 9.59 Å². The number of rotatable bonds is 6. The van der Waals surface area contributed by atoms with Gasteiger partial charge in [0.2, 0.25) is 11.8 Å². The molecule has 1 aromatic carbocycles. The van der Waals surface area contributed by atoms with Gasteiger partial charge in [-0.2, -0.15) is 0 Å². The van der Waals surface area contributed by atoms with E-state index in [1.54, 1.807) is 12.1 Å². The highest BCUT2D eigenvalue weighted by Crippen LogP contribution is 2.20. The summed E-state index contributed by atoms with van der Waals surface area (Å²) < 4.78 is 0. The van der Waals surface area contributed by atoms with Crippen molar-refractivity contribution in [3.05, 3.63) is 23.8 Å². The fourth-order valence-electron chi connectivity index (χ4n) is 1.81. The molecule has 0 saturated heterocycles. The molecule has 5 heteroatoms. The third kappa shape index (κ3) is 5.40. The molecular formula is C15H23N3O2. The van der Waals surface area contributed by atoms with Gasteiger partial charge in [-0.25, -0.2) is 0 Å². The molecule has 0 unspecified atom stereocenters. The minimum Gasteiger partial charge on any atom is -0.330 e. The predicted octanol–water partition coefficient (Wildman–Crippen LogP) is 2.27. The summed E-state index contributed by atoms with van der Waals surface area (Å²) in [5.41, 5.74) is 7.71. The second kappa shape index (κ2) is 7.65. The highest BCUT2D eigenvalue weighted by Gasteiger charge is 2.08. The number of hydrogen-bond donors (Lipinski definition) is 3. The Morgan fingerprint density at radius 2 is 1.90 bits per heavy atom. The maximum absolute atomic E-state index is 11.7. The summed E-state index contributed by atoms with van der Waals surface area (Å²) in [6.07, 6.45) is 0.792. The van der Waals surface area contributed by atoms with Gasteiger partial charge in [0, 0.05) is 30.8 Å². The molecule has 0 aliphatic carbocycles. The zero-order chi connectivity index (χ0) is 15.1. The Morgan fingerprint density at radius 3 is 2.45 bits per heavy atom. The number of aryl methyl sites for hydroxylation is 1. The summed E-state index contributed by atoms with van der Waals surface area (Å²) >= 11 is 0. The molecule has 0 bridgehead atoms. The maximum Gasteiger partial charge on any atom is 0.225 e. The maximum atomic E-state index is 11.7. The van der Waals surface area contributed by atoms with Crippen molar-refractivity contribution in [1.29, 1.82) is 0 Å². The molecule has 1 rings (SSSR count). The molecule has 0 spiro atoms. The van der Waals surface area contributed by atoms with Gasteiger partial charge in [0.05, 0.1) is 0 Å². The molecule has 1 aromatic rings. The summed E-state index contributed by atoms with van der Waals surface area (Å²) in [7, 11) is 0. The molecule has 0 fully saturated rings. The van der Waals surface area contributed by atoms with Gasteiger partial charge in [0.1, 0.15) is 0 Å². The number of nitrogens with one attached hydrogen (secondary N) is 2. The van der Waals surface area contributed by atoms with E-state index in [1.165, 1.54) is 0 Å². The quantitative estimate of drug-likeness (QED) is 0.745. The van der Waals surface area contributed by atoms with Crippen molar-refractivity contribution in [2.45, 2.75) is 33.6 Å². The van der Waals surface area contributed by atoms with Crippen molar-refractivity contribution >= 4 is 23.2 Å². The van der Waals surface area contributed by atoms with Crippen LogP contribution in [0, 0.1) is 12.8 Å². The molecule has 0 aromatic heterocycles. The van der Waals surface area contributed by atoms with Gasteiger partial charge in [0.25, 0.3) is 0 Å². The molecule has 5 nitrogen and oxygen atoms in total. The van der Waals surface area contributed by atoms with E-state index in [2.05, 4.69) is 10.6 Å². The SMILES string of the molecule is Cc1cc(NC(=O)CCN)ccc1NC(=O)CC(C)C. The number of carbonyl (C=O) groups is 2. The van der Waals surface area contributed by atoms with Crippen LogP contribution in [0.5, 0.6) is 0 Å². The van der Waals surface area contributed by atoms with E-state index in [4.69, 9.17) is 5.73 Å². The van der Waals surface area contributed by atoms with E-state index >= 15 is 0 Å². The van der Waals surface area contributed by atoms with Crippen molar-refractivity contribution in [1.82, 2.24) is 0 Å². The number of anilines is 2. The van der Waals surface area contributed by atoms with E-state index in [0.717, 1.165) is 11.3 Å². The Bertz CT molecular complexity index is 484. The monoisotopic (exact) mass is 277 g/mol. The molecule has 0 aliphatic heterocycles. The first-order chi connectivity index (χ1) is 9.42. The molecular weight excluding hydrogens is 254 g/mol. The zero-order valence-electron chi connectivity index (χ0n) is 12.3. The molecule has 4 N–H and O–H groups in total. The van der Waals surface area contributed by atoms with Crippen LogP contribution in [0.15, 0.2) is 18.2 Å². The fourth-order valence-corrected chi connectivity index (χ4v) is 1.81. The molecule has 0 aliphatic rings. The van der Waals surface area contributed by atoms with E-state index < -0.39 is 0 Å².